The van der Waals surface area contributed by atoms with Crippen LogP contribution in [0, 0.1) is 0 Å². The second-order valence-electron chi connectivity index (χ2n) is 5.15. The van der Waals surface area contributed by atoms with E-state index in [-0.39, 0.29) is 24.0 Å². The van der Waals surface area contributed by atoms with Crippen LogP contribution in [-0.2, 0) is 27.7 Å². The van der Waals surface area contributed by atoms with Crippen molar-refractivity contribution >= 4 is 15.7 Å². The molecule has 0 aliphatic heterocycles. The number of ether oxygens (including phenoxy) is 1. The van der Waals surface area contributed by atoms with Gasteiger partial charge in [0.1, 0.15) is 13.2 Å². The normalized spacial score (nSPS) is 11.5. The molecular weight excluding hydrogens is 334 g/mol. The van der Waals surface area contributed by atoms with Gasteiger partial charge in [0.15, 0.2) is 15.7 Å². The van der Waals surface area contributed by atoms with Crippen molar-refractivity contribution in [3.8, 4) is 0 Å². The standard InChI is InChI=1S/C15H19N3O5S/c1-4-18(9-14-16-13(10-22-2)17-23-14)15(19)11-5-7-12(8-6-11)24(3,20)21/h5-8H,4,9-10H2,1-3H3. The lowest BCUT2D eigenvalue weighted by Crippen LogP contribution is -2.30. The Balaban J connectivity index is 2.13. The Hall–Kier alpha value is -2.26. The highest BCUT2D eigenvalue weighted by Gasteiger charge is 2.18. The summed E-state index contributed by atoms with van der Waals surface area (Å²) >= 11 is 0. The van der Waals surface area contributed by atoms with Gasteiger partial charge >= 0.3 is 0 Å². The van der Waals surface area contributed by atoms with E-state index in [0.717, 1.165) is 6.26 Å². The highest BCUT2D eigenvalue weighted by molar-refractivity contribution is 7.90. The summed E-state index contributed by atoms with van der Waals surface area (Å²) in [5, 5.41) is 3.75. The van der Waals surface area contributed by atoms with Gasteiger partial charge in [0.2, 0.25) is 5.89 Å². The highest BCUT2D eigenvalue weighted by atomic mass is 32.2. The number of rotatable bonds is 7. The Labute approximate surface area is 140 Å². The zero-order chi connectivity index (χ0) is 17.7. The van der Waals surface area contributed by atoms with Crippen LogP contribution in [0.4, 0.5) is 0 Å². The molecule has 0 aliphatic rings. The summed E-state index contributed by atoms with van der Waals surface area (Å²) in [4.78, 5) is 18.4. The van der Waals surface area contributed by atoms with Crippen molar-refractivity contribution < 1.29 is 22.5 Å². The van der Waals surface area contributed by atoms with E-state index in [1.54, 1.807) is 0 Å². The van der Waals surface area contributed by atoms with Gasteiger partial charge in [-0.2, -0.15) is 4.98 Å². The van der Waals surface area contributed by atoms with Crippen LogP contribution in [-0.4, -0.2) is 49.3 Å². The van der Waals surface area contributed by atoms with Crippen molar-refractivity contribution in [3.63, 3.8) is 0 Å². The molecule has 130 valence electrons. The molecule has 1 aromatic carbocycles. The summed E-state index contributed by atoms with van der Waals surface area (Å²) in [6.07, 6.45) is 1.12. The Morgan fingerprint density at radius 1 is 1.29 bits per heavy atom. The van der Waals surface area contributed by atoms with Crippen molar-refractivity contribution in [2.45, 2.75) is 25.0 Å². The molecule has 0 radical (unpaired) electrons. The largest absolute Gasteiger partial charge is 0.377 e. The molecule has 0 bridgehead atoms. The number of methoxy groups -OCH3 is 1. The van der Waals surface area contributed by atoms with E-state index >= 15 is 0 Å². The van der Waals surface area contributed by atoms with Gasteiger partial charge < -0.3 is 14.2 Å². The van der Waals surface area contributed by atoms with Crippen LogP contribution in [0.15, 0.2) is 33.7 Å². The first-order valence-corrected chi connectivity index (χ1v) is 9.14. The van der Waals surface area contributed by atoms with Gasteiger partial charge in [-0.3, -0.25) is 4.79 Å². The Morgan fingerprint density at radius 3 is 2.50 bits per heavy atom. The third-order valence-corrected chi connectivity index (χ3v) is 4.44. The molecule has 2 rings (SSSR count). The van der Waals surface area contributed by atoms with Crippen molar-refractivity contribution in [1.29, 1.82) is 0 Å². The van der Waals surface area contributed by atoms with Crippen LogP contribution in [0.1, 0.15) is 29.0 Å². The predicted molar refractivity (Wildman–Crippen MR) is 85.0 cm³/mol. The highest BCUT2D eigenvalue weighted by Crippen LogP contribution is 2.13. The summed E-state index contributed by atoms with van der Waals surface area (Å²) in [6.45, 7) is 2.67. The number of sulfone groups is 1. The van der Waals surface area contributed by atoms with Crippen LogP contribution in [0.25, 0.3) is 0 Å². The van der Waals surface area contributed by atoms with E-state index in [4.69, 9.17) is 9.26 Å². The molecule has 0 spiro atoms. The second-order valence-corrected chi connectivity index (χ2v) is 7.17. The summed E-state index contributed by atoms with van der Waals surface area (Å²) in [7, 11) is -1.77. The molecule has 1 amide bonds. The fourth-order valence-electron chi connectivity index (χ4n) is 2.06. The molecule has 8 nitrogen and oxygen atoms in total. The summed E-state index contributed by atoms with van der Waals surface area (Å²) < 4.78 is 32.9. The van der Waals surface area contributed by atoms with Gasteiger partial charge in [-0.25, -0.2) is 8.42 Å². The summed E-state index contributed by atoms with van der Waals surface area (Å²) in [5.74, 6) is 0.475. The first-order valence-electron chi connectivity index (χ1n) is 7.25. The van der Waals surface area contributed by atoms with Gasteiger partial charge in [0.05, 0.1) is 4.90 Å². The molecule has 0 atom stereocenters. The molecule has 0 saturated heterocycles. The van der Waals surface area contributed by atoms with Crippen molar-refractivity contribution in [1.82, 2.24) is 15.0 Å². The predicted octanol–water partition coefficient (Wildman–Crippen LogP) is 1.28. The van der Waals surface area contributed by atoms with Crippen LogP contribution in [0.5, 0.6) is 0 Å². The van der Waals surface area contributed by atoms with Crippen molar-refractivity contribution in [2.24, 2.45) is 0 Å². The van der Waals surface area contributed by atoms with E-state index in [2.05, 4.69) is 10.1 Å². The molecular formula is C15H19N3O5S. The van der Waals surface area contributed by atoms with Crippen molar-refractivity contribution in [3.05, 3.63) is 41.5 Å². The molecule has 1 aromatic heterocycles. The Bertz CT molecular complexity index is 799. The molecule has 0 unspecified atom stereocenters. The maximum absolute atomic E-state index is 12.5. The third-order valence-electron chi connectivity index (χ3n) is 3.31. The van der Waals surface area contributed by atoms with Gasteiger partial charge in [-0.05, 0) is 31.2 Å². The number of amides is 1. The van der Waals surface area contributed by atoms with Crippen LogP contribution >= 0.6 is 0 Å². The van der Waals surface area contributed by atoms with Gasteiger partial charge in [-0.15, -0.1) is 0 Å². The first-order chi connectivity index (χ1) is 11.3. The summed E-state index contributed by atoms with van der Waals surface area (Å²) in [5.41, 5.74) is 0.390. The molecule has 0 N–H and O–H groups in total. The Morgan fingerprint density at radius 2 is 1.96 bits per heavy atom. The average molecular weight is 353 g/mol. The number of carbonyl (C=O) groups is 1. The van der Waals surface area contributed by atoms with E-state index in [9.17, 15) is 13.2 Å². The van der Waals surface area contributed by atoms with Crippen LogP contribution in [0.3, 0.4) is 0 Å². The zero-order valence-corrected chi connectivity index (χ0v) is 14.5. The first kappa shape index (κ1) is 18.1. The fraction of sp³-hybridized carbons (Fsp3) is 0.400. The van der Waals surface area contributed by atoms with E-state index in [1.165, 1.54) is 36.3 Å². The van der Waals surface area contributed by atoms with Gasteiger partial charge in [0, 0.05) is 25.5 Å². The lowest BCUT2D eigenvalue weighted by Gasteiger charge is -2.18. The third kappa shape index (κ3) is 4.39. The maximum atomic E-state index is 12.5. The smallest absolute Gasteiger partial charge is 0.254 e. The van der Waals surface area contributed by atoms with E-state index < -0.39 is 9.84 Å². The van der Waals surface area contributed by atoms with Gasteiger partial charge in [0.25, 0.3) is 5.91 Å². The minimum atomic E-state index is -3.29. The molecule has 0 saturated carbocycles. The number of benzene rings is 1. The van der Waals surface area contributed by atoms with Crippen LogP contribution < -0.4 is 0 Å². The quantitative estimate of drug-likeness (QED) is 0.739. The number of aromatic nitrogens is 2. The minimum Gasteiger partial charge on any atom is -0.377 e. The fourth-order valence-corrected chi connectivity index (χ4v) is 2.69. The average Bonchev–Trinajstić information content (AvgIpc) is 2.99. The van der Waals surface area contributed by atoms with Gasteiger partial charge in [-0.1, -0.05) is 5.16 Å². The SMILES string of the molecule is CCN(Cc1nc(COC)no1)C(=O)c1ccc(S(C)(=O)=O)cc1. The monoisotopic (exact) mass is 353 g/mol. The van der Waals surface area contributed by atoms with E-state index in [0.29, 0.717) is 23.8 Å². The molecule has 1 heterocycles. The molecule has 24 heavy (non-hydrogen) atoms. The summed E-state index contributed by atoms with van der Waals surface area (Å²) in [6, 6.07) is 5.82. The number of hydrogen-bond acceptors (Lipinski definition) is 7. The lowest BCUT2D eigenvalue weighted by molar-refractivity contribution is 0.0734. The Kier molecular flexibility index (Phi) is 5.68. The van der Waals surface area contributed by atoms with Crippen LogP contribution in [0.2, 0.25) is 0 Å². The minimum absolute atomic E-state index is 0.167. The number of carbonyl (C=O) groups excluding carboxylic acids is 1. The van der Waals surface area contributed by atoms with Crippen molar-refractivity contribution in [2.75, 3.05) is 19.9 Å². The molecule has 9 heteroatoms. The molecule has 0 fully saturated rings. The second kappa shape index (κ2) is 7.54. The zero-order valence-electron chi connectivity index (χ0n) is 13.7. The lowest BCUT2D eigenvalue weighted by atomic mass is 10.2. The number of hydrogen-bond donors (Lipinski definition) is 0. The molecule has 2 aromatic rings. The topological polar surface area (TPSA) is 103 Å². The number of nitrogens with zero attached hydrogens (tertiary/aromatic N) is 3. The van der Waals surface area contributed by atoms with E-state index in [1.807, 2.05) is 6.92 Å². The maximum Gasteiger partial charge on any atom is 0.254 e. The molecule has 0 aliphatic carbocycles.